The van der Waals surface area contributed by atoms with Gasteiger partial charge in [-0.2, -0.15) is 0 Å². The molecule has 0 saturated carbocycles. The van der Waals surface area contributed by atoms with Crippen LogP contribution >= 0.6 is 0 Å². The van der Waals surface area contributed by atoms with Crippen LogP contribution in [0.1, 0.15) is 114 Å². The molecule has 0 amide bonds. The van der Waals surface area contributed by atoms with Crippen LogP contribution in [0.4, 0.5) is 0 Å². The van der Waals surface area contributed by atoms with Gasteiger partial charge in [0.15, 0.2) is 0 Å². The van der Waals surface area contributed by atoms with Crippen LogP contribution in [0.3, 0.4) is 0 Å². The second kappa shape index (κ2) is 15.6. The SMILES string of the molecule is O=C(OCCCCCCCCCCOC(=O)c1ccc(C(=O)O)c(C(=O)O)c1)c1ccc(C(=O)O)c(C(=O)O)c1. The molecule has 0 saturated heterocycles. The van der Waals surface area contributed by atoms with Crippen LogP contribution in [0.15, 0.2) is 36.4 Å². The summed E-state index contributed by atoms with van der Waals surface area (Å²) in [5.74, 6) is -7.15. The highest BCUT2D eigenvalue weighted by atomic mass is 16.5. The van der Waals surface area contributed by atoms with E-state index in [9.17, 15) is 28.8 Å². The Bertz CT molecular complexity index is 1170. The number of carbonyl (C=O) groups excluding carboxylic acids is 2. The molecule has 2 aromatic carbocycles. The van der Waals surface area contributed by atoms with E-state index in [0.717, 1.165) is 62.8 Å². The van der Waals surface area contributed by atoms with Gasteiger partial charge in [-0.1, -0.05) is 38.5 Å². The molecule has 40 heavy (non-hydrogen) atoms. The Morgan fingerprint density at radius 2 is 0.750 bits per heavy atom. The first-order valence-electron chi connectivity index (χ1n) is 12.6. The number of esters is 2. The Morgan fingerprint density at radius 1 is 0.450 bits per heavy atom. The normalized spacial score (nSPS) is 10.5. The molecular formula is C28H30O12. The highest BCUT2D eigenvalue weighted by Crippen LogP contribution is 2.16. The third-order valence-electron chi connectivity index (χ3n) is 5.94. The minimum atomic E-state index is -1.45. The van der Waals surface area contributed by atoms with Crippen molar-refractivity contribution in [2.75, 3.05) is 13.2 Å². The maximum absolute atomic E-state index is 12.1. The zero-order valence-corrected chi connectivity index (χ0v) is 21.6. The van der Waals surface area contributed by atoms with Crippen LogP contribution in [0, 0.1) is 0 Å². The van der Waals surface area contributed by atoms with Gasteiger partial charge in [0.25, 0.3) is 0 Å². The zero-order valence-electron chi connectivity index (χ0n) is 21.6. The van der Waals surface area contributed by atoms with E-state index in [2.05, 4.69) is 0 Å². The monoisotopic (exact) mass is 558 g/mol. The zero-order chi connectivity index (χ0) is 29.7. The molecule has 12 nitrogen and oxygen atoms in total. The molecular weight excluding hydrogens is 528 g/mol. The maximum Gasteiger partial charge on any atom is 0.338 e. The summed E-state index contributed by atoms with van der Waals surface area (Å²) >= 11 is 0. The fourth-order valence-electron chi connectivity index (χ4n) is 3.83. The van der Waals surface area contributed by atoms with Crippen molar-refractivity contribution in [1.29, 1.82) is 0 Å². The number of ether oxygens (including phenoxy) is 2. The molecule has 0 heterocycles. The van der Waals surface area contributed by atoms with Gasteiger partial charge in [0.2, 0.25) is 0 Å². The number of carbonyl (C=O) groups is 6. The average molecular weight is 559 g/mol. The molecule has 0 unspecified atom stereocenters. The number of hydrogen-bond acceptors (Lipinski definition) is 8. The second-order valence-corrected chi connectivity index (χ2v) is 8.84. The lowest BCUT2D eigenvalue weighted by Gasteiger charge is -2.08. The molecule has 4 N–H and O–H groups in total. The van der Waals surface area contributed by atoms with Crippen LogP contribution in [-0.4, -0.2) is 69.5 Å². The first-order valence-corrected chi connectivity index (χ1v) is 12.6. The minimum Gasteiger partial charge on any atom is -0.478 e. The predicted octanol–water partition coefficient (Wildman–Crippen LogP) is 4.61. The highest BCUT2D eigenvalue weighted by molar-refractivity contribution is 6.04. The van der Waals surface area contributed by atoms with Crippen LogP contribution in [0.5, 0.6) is 0 Å². The molecule has 12 heteroatoms. The quantitative estimate of drug-likeness (QED) is 0.155. The van der Waals surface area contributed by atoms with Crippen LogP contribution in [0.25, 0.3) is 0 Å². The van der Waals surface area contributed by atoms with Gasteiger partial charge in [0.05, 0.1) is 46.6 Å². The van der Waals surface area contributed by atoms with Gasteiger partial charge in [-0.25, -0.2) is 28.8 Å². The first-order chi connectivity index (χ1) is 19.0. The van der Waals surface area contributed by atoms with Crippen molar-refractivity contribution in [2.24, 2.45) is 0 Å². The summed E-state index contributed by atoms with van der Waals surface area (Å²) in [6.45, 7) is 0.306. The summed E-state index contributed by atoms with van der Waals surface area (Å²) in [5, 5.41) is 36.4. The molecule has 214 valence electrons. The van der Waals surface area contributed by atoms with Crippen molar-refractivity contribution in [2.45, 2.75) is 51.4 Å². The second-order valence-electron chi connectivity index (χ2n) is 8.84. The van der Waals surface area contributed by atoms with Crippen molar-refractivity contribution in [3.63, 3.8) is 0 Å². The number of carboxylic acids is 4. The number of carboxylic acid groups (broad SMARTS) is 4. The molecule has 2 rings (SSSR count). The summed E-state index contributed by atoms with van der Waals surface area (Å²) < 4.78 is 10.3. The van der Waals surface area contributed by atoms with Gasteiger partial charge in [0.1, 0.15) is 0 Å². The van der Waals surface area contributed by atoms with Gasteiger partial charge in [-0.3, -0.25) is 0 Å². The number of unbranched alkanes of at least 4 members (excludes halogenated alkanes) is 7. The number of aromatic carboxylic acids is 4. The Balaban J connectivity index is 1.56. The number of hydrogen-bond donors (Lipinski definition) is 4. The van der Waals surface area contributed by atoms with Crippen LogP contribution in [-0.2, 0) is 9.47 Å². The summed E-state index contributed by atoms with van der Waals surface area (Å²) in [5.41, 5.74) is -1.86. The Morgan fingerprint density at radius 3 is 1.05 bits per heavy atom. The predicted molar refractivity (Wildman–Crippen MR) is 138 cm³/mol. The Kier molecular flexibility index (Phi) is 12.3. The molecule has 0 aliphatic carbocycles. The van der Waals surface area contributed by atoms with Crippen molar-refractivity contribution >= 4 is 35.8 Å². The molecule has 0 bridgehead atoms. The number of rotatable bonds is 17. The summed E-state index contributed by atoms with van der Waals surface area (Å²) in [7, 11) is 0. The van der Waals surface area contributed by atoms with E-state index in [-0.39, 0.29) is 24.3 Å². The maximum atomic E-state index is 12.1. The standard InChI is InChI=1S/C28H30O12/c29-23(30)19-11-9-17(15-21(19)25(33)34)27(37)39-13-7-5-3-1-2-4-6-8-14-40-28(38)18-10-12-20(24(31)32)22(16-18)26(35)36/h9-12,15-16H,1-8,13-14H2,(H,29,30)(H,31,32)(H,33,34)(H,35,36). The van der Waals surface area contributed by atoms with Gasteiger partial charge < -0.3 is 29.9 Å². The molecule has 0 radical (unpaired) electrons. The van der Waals surface area contributed by atoms with E-state index in [1.165, 1.54) is 12.1 Å². The molecule has 0 atom stereocenters. The topological polar surface area (TPSA) is 202 Å². The van der Waals surface area contributed by atoms with E-state index < -0.39 is 58.1 Å². The smallest absolute Gasteiger partial charge is 0.338 e. The van der Waals surface area contributed by atoms with E-state index in [1.54, 1.807) is 0 Å². The van der Waals surface area contributed by atoms with Crippen LogP contribution < -0.4 is 0 Å². The summed E-state index contributed by atoms with van der Waals surface area (Å²) in [6.07, 6.45) is 6.64. The lowest BCUT2D eigenvalue weighted by molar-refractivity contribution is 0.0486. The molecule has 0 fully saturated rings. The van der Waals surface area contributed by atoms with Crippen molar-refractivity contribution < 1.29 is 58.7 Å². The fourth-order valence-corrected chi connectivity index (χ4v) is 3.83. The highest BCUT2D eigenvalue weighted by Gasteiger charge is 2.20. The van der Waals surface area contributed by atoms with Crippen molar-refractivity contribution in [3.05, 3.63) is 69.8 Å². The molecule has 2 aromatic rings. The molecule has 0 aliphatic heterocycles. The third kappa shape index (κ3) is 9.53. The Hall–Kier alpha value is -4.74. The lowest BCUT2D eigenvalue weighted by atomic mass is 10.0. The molecule has 0 spiro atoms. The molecule has 0 aliphatic rings. The van der Waals surface area contributed by atoms with Gasteiger partial charge in [-0.05, 0) is 49.2 Å². The lowest BCUT2D eigenvalue weighted by Crippen LogP contribution is -2.12. The van der Waals surface area contributed by atoms with E-state index in [1.807, 2.05) is 0 Å². The first kappa shape index (κ1) is 31.5. The summed E-state index contributed by atoms with van der Waals surface area (Å²) in [4.78, 5) is 68.9. The molecule has 0 aromatic heterocycles. The average Bonchev–Trinajstić information content (AvgIpc) is 2.92. The van der Waals surface area contributed by atoms with E-state index >= 15 is 0 Å². The summed E-state index contributed by atoms with van der Waals surface area (Å²) in [6, 6.07) is 6.53. The Labute approximate surface area is 229 Å². The van der Waals surface area contributed by atoms with E-state index in [0.29, 0.717) is 12.8 Å². The van der Waals surface area contributed by atoms with E-state index in [4.69, 9.17) is 29.9 Å². The minimum absolute atomic E-state index is 0.0332. The van der Waals surface area contributed by atoms with Gasteiger partial charge in [-0.15, -0.1) is 0 Å². The number of benzene rings is 2. The van der Waals surface area contributed by atoms with Gasteiger partial charge in [0, 0.05) is 0 Å². The van der Waals surface area contributed by atoms with Crippen molar-refractivity contribution in [3.8, 4) is 0 Å². The van der Waals surface area contributed by atoms with Crippen LogP contribution in [0.2, 0.25) is 0 Å². The largest absolute Gasteiger partial charge is 0.478 e. The van der Waals surface area contributed by atoms with Gasteiger partial charge >= 0.3 is 35.8 Å². The van der Waals surface area contributed by atoms with Crippen molar-refractivity contribution in [1.82, 2.24) is 0 Å². The third-order valence-corrected chi connectivity index (χ3v) is 5.94. The fraction of sp³-hybridized carbons (Fsp3) is 0.357.